The quantitative estimate of drug-likeness (QED) is 0.589. The fourth-order valence-electron chi connectivity index (χ4n) is 2.67. The first-order valence-electron chi connectivity index (χ1n) is 9.14. The van der Waals surface area contributed by atoms with Crippen molar-refractivity contribution in [1.29, 1.82) is 0 Å². The van der Waals surface area contributed by atoms with Crippen molar-refractivity contribution in [2.24, 2.45) is 4.99 Å². The number of aryl methyl sites for hydroxylation is 2. The molecule has 0 saturated carbocycles. The van der Waals surface area contributed by atoms with E-state index in [0.29, 0.717) is 14.3 Å². The highest BCUT2D eigenvalue weighted by Gasteiger charge is 2.18. The summed E-state index contributed by atoms with van der Waals surface area (Å²) in [6.45, 7) is 17.0. The Morgan fingerprint density at radius 1 is 0.962 bits per heavy atom. The first-order chi connectivity index (χ1) is 11.9. The van der Waals surface area contributed by atoms with Gasteiger partial charge < -0.3 is 5.11 Å². The third-order valence-corrected chi connectivity index (χ3v) is 5.91. The topological polar surface area (TPSA) is 32.6 Å². The second kappa shape index (κ2) is 7.53. The van der Waals surface area contributed by atoms with Crippen LogP contribution in [0.2, 0.25) is 0 Å². The molecule has 0 heterocycles. The smallest absolute Gasteiger partial charge is 0.126 e. The van der Waals surface area contributed by atoms with Gasteiger partial charge in [-0.3, -0.25) is 4.99 Å². The van der Waals surface area contributed by atoms with Gasteiger partial charge in [0.15, 0.2) is 0 Å². The second-order valence-electron chi connectivity index (χ2n) is 9.03. The number of phenols is 1. The Hall–Kier alpha value is -1.66. The van der Waals surface area contributed by atoms with Gasteiger partial charge in [-0.2, -0.15) is 0 Å². The molecular weight excluding hydrogens is 337 g/mol. The summed E-state index contributed by atoms with van der Waals surface area (Å²) in [5.74, 6) is 0.415. The molecule has 2 nitrogen and oxygen atoms in total. The van der Waals surface area contributed by atoms with Crippen molar-refractivity contribution in [2.75, 3.05) is 0 Å². The minimum absolute atomic E-state index is 0.0555. The maximum atomic E-state index is 10.7. The summed E-state index contributed by atoms with van der Waals surface area (Å²) in [7, 11) is 0.397. The zero-order valence-corrected chi connectivity index (χ0v) is 18.4. The van der Waals surface area contributed by atoms with Gasteiger partial charge in [0.05, 0.1) is 5.54 Å². The average molecular weight is 369 g/mol. The molecule has 0 aliphatic heterocycles. The van der Waals surface area contributed by atoms with Crippen LogP contribution in [0, 0.1) is 13.8 Å². The molecule has 2 aromatic rings. The van der Waals surface area contributed by atoms with E-state index in [1.165, 1.54) is 16.4 Å². The Bertz CT molecular complexity index is 823. The molecule has 0 radical (unpaired) electrons. The molecule has 0 bridgehead atoms. The standard InChI is InChI=1S/C23H32NOP/c1-15-10-9-11-17(14-24-23(6,7)8)21(15)26-19-13-18(22(3,4)5)12-16(2)20(19)25/h9-14,25-26H,1-8H3. The molecule has 0 aliphatic rings. The van der Waals surface area contributed by atoms with E-state index < -0.39 is 0 Å². The van der Waals surface area contributed by atoms with Crippen LogP contribution < -0.4 is 10.6 Å². The molecule has 1 atom stereocenters. The van der Waals surface area contributed by atoms with Gasteiger partial charge in [0.2, 0.25) is 0 Å². The molecule has 2 rings (SSSR count). The van der Waals surface area contributed by atoms with Crippen molar-refractivity contribution in [3.63, 3.8) is 0 Å². The second-order valence-corrected chi connectivity index (χ2v) is 10.3. The van der Waals surface area contributed by atoms with Crippen LogP contribution in [-0.4, -0.2) is 16.9 Å². The van der Waals surface area contributed by atoms with Crippen LogP contribution in [0.5, 0.6) is 5.75 Å². The number of benzene rings is 2. The third-order valence-electron chi connectivity index (χ3n) is 4.32. The Balaban J connectivity index is 2.52. The van der Waals surface area contributed by atoms with E-state index in [0.717, 1.165) is 16.4 Å². The van der Waals surface area contributed by atoms with Crippen LogP contribution in [0.4, 0.5) is 0 Å². The molecule has 1 unspecified atom stereocenters. The van der Waals surface area contributed by atoms with Gasteiger partial charge in [-0.05, 0) is 68.1 Å². The summed E-state index contributed by atoms with van der Waals surface area (Å²) < 4.78 is 0. The summed E-state index contributed by atoms with van der Waals surface area (Å²) in [6.07, 6.45) is 1.98. The summed E-state index contributed by atoms with van der Waals surface area (Å²) in [5, 5.41) is 12.9. The average Bonchev–Trinajstić information content (AvgIpc) is 2.50. The predicted octanol–water partition coefficient (Wildman–Crippen LogP) is 5.15. The first kappa shape index (κ1) is 20.6. The van der Waals surface area contributed by atoms with E-state index in [4.69, 9.17) is 0 Å². The molecule has 0 aliphatic carbocycles. The summed E-state index contributed by atoms with van der Waals surface area (Å²) in [6, 6.07) is 10.6. The van der Waals surface area contributed by atoms with Crippen molar-refractivity contribution in [1.82, 2.24) is 0 Å². The Morgan fingerprint density at radius 3 is 2.19 bits per heavy atom. The lowest BCUT2D eigenvalue weighted by Gasteiger charge is -2.22. The zero-order valence-electron chi connectivity index (χ0n) is 17.4. The van der Waals surface area contributed by atoms with Crippen LogP contribution >= 0.6 is 8.58 Å². The van der Waals surface area contributed by atoms with Gasteiger partial charge in [-0.15, -0.1) is 0 Å². The van der Waals surface area contributed by atoms with Gasteiger partial charge in [0, 0.05) is 17.1 Å². The molecule has 140 valence electrons. The van der Waals surface area contributed by atoms with Gasteiger partial charge >= 0.3 is 0 Å². The molecular formula is C23H32NOP. The van der Waals surface area contributed by atoms with E-state index in [2.05, 4.69) is 83.8 Å². The molecule has 0 fully saturated rings. The highest BCUT2D eigenvalue weighted by atomic mass is 31.1. The monoisotopic (exact) mass is 369 g/mol. The van der Waals surface area contributed by atoms with Crippen LogP contribution in [0.1, 0.15) is 63.8 Å². The normalized spacial score (nSPS) is 13.2. The van der Waals surface area contributed by atoms with Crippen molar-refractivity contribution < 1.29 is 5.11 Å². The summed E-state index contributed by atoms with van der Waals surface area (Å²) in [5.41, 5.74) is 4.53. The SMILES string of the molecule is Cc1cc(C(C)(C)C)cc(Pc2c(C)cccc2C=NC(C)(C)C)c1O. The minimum Gasteiger partial charge on any atom is -0.507 e. The maximum Gasteiger partial charge on any atom is 0.126 e. The van der Waals surface area contributed by atoms with E-state index in [-0.39, 0.29) is 11.0 Å². The van der Waals surface area contributed by atoms with Gasteiger partial charge in [0.25, 0.3) is 0 Å². The first-order valence-corrected chi connectivity index (χ1v) is 10.1. The van der Waals surface area contributed by atoms with Gasteiger partial charge in [-0.1, -0.05) is 53.6 Å². The van der Waals surface area contributed by atoms with Crippen LogP contribution in [0.25, 0.3) is 0 Å². The number of phenolic OH excluding ortho intramolecular Hbond substituents is 1. The van der Waals surface area contributed by atoms with Crippen molar-refractivity contribution >= 4 is 25.4 Å². The fraction of sp³-hybridized carbons (Fsp3) is 0.435. The summed E-state index contributed by atoms with van der Waals surface area (Å²) >= 11 is 0. The highest BCUT2D eigenvalue weighted by Crippen LogP contribution is 2.30. The Labute approximate surface area is 160 Å². The van der Waals surface area contributed by atoms with E-state index >= 15 is 0 Å². The number of hydrogen-bond donors (Lipinski definition) is 1. The Morgan fingerprint density at radius 2 is 1.62 bits per heavy atom. The highest BCUT2D eigenvalue weighted by molar-refractivity contribution is 7.56. The van der Waals surface area contributed by atoms with E-state index in [1.54, 1.807) is 0 Å². The van der Waals surface area contributed by atoms with Gasteiger partial charge in [-0.25, -0.2) is 0 Å². The van der Waals surface area contributed by atoms with Crippen molar-refractivity contribution in [2.45, 2.75) is 66.3 Å². The number of nitrogens with zero attached hydrogens (tertiary/aromatic N) is 1. The van der Waals surface area contributed by atoms with Crippen LogP contribution in [0.15, 0.2) is 35.3 Å². The minimum atomic E-state index is -0.102. The molecule has 0 saturated heterocycles. The maximum absolute atomic E-state index is 10.7. The predicted molar refractivity (Wildman–Crippen MR) is 118 cm³/mol. The summed E-state index contributed by atoms with van der Waals surface area (Å²) in [4.78, 5) is 4.68. The lowest BCUT2D eigenvalue weighted by molar-refractivity contribution is 0.474. The van der Waals surface area contributed by atoms with E-state index in [1.807, 2.05) is 13.1 Å². The van der Waals surface area contributed by atoms with E-state index in [9.17, 15) is 5.11 Å². The largest absolute Gasteiger partial charge is 0.507 e. The van der Waals surface area contributed by atoms with Crippen molar-refractivity contribution in [3.05, 3.63) is 52.6 Å². The Kier molecular flexibility index (Phi) is 5.98. The van der Waals surface area contributed by atoms with Gasteiger partial charge in [0.1, 0.15) is 5.75 Å². The van der Waals surface area contributed by atoms with Crippen molar-refractivity contribution in [3.8, 4) is 5.75 Å². The third kappa shape index (κ3) is 5.17. The number of aromatic hydroxyl groups is 1. The zero-order chi connectivity index (χ0) is 19.7. The molecule has 26 heavy (non-hydrogen) atoms. The van der Waals surface area contributed by atoms with Crippen LogP contribution in [-0.2, 0) is 5.41 Å². The molecule has 2 aromatic carbocycles. The lowest BCUT2D eigenvalue weighted by Crippen LogP contribution is -2.18. The molecule has 1 N–H and O–H groups in total. The number of aliphatic imine (C=N–C) groups is 1. The molecule has 0 amide bonds. The number of rotatable bonds is 3. The molecule has 0 spiro atoms. The lowest BCUT2D eigenvalue weighted by atomic mass is 9.86. The molecule has 0 aromatic heterocycles. The van der Waals surface area contributed by atoms with Crippen LogP contribution in [0.3, 0.4) is 0 Å². The number of hydrogen-bond acceptors (Lipinski definition) is 2. The molecule has 3 heteroatoms. The fourth-order valence-corrected chi connectivity index (χ4v) is 4.06.